The molecule has 0 saturated heterocycles. The van der Waals surface area contributed by atoms with Crippen LogP contribution in [0.1, 0.15) is 43.4 Å². The van der Waals surface area contributed by atoms with Crippen LogP contribution >= 0.6 is 0 Å². The summed E-state index contributed by atoms with van der Waals surface area (Å²) < 4.78 is 0. The van der Waals surface area contributed by atoms with E-state index < -0.39 is 11.8 Å². The standard InChI is InChI=1S/C21H26N2O2/c1-6-23(17-11-7-9-15(4)13-17)21(25)20(24)22-19-16(5)10-8-12-18(19)14(2)3/h7-14H,6H2,1-5H3,(H,22,24). The molecule has 0 aliphatic heterocycles. The van der Waals surface area contributed by atoms with Gasteiger partial charge in [0.25, 0.3) is 0 Å². The second-order valence-electron chi connectivity index (χ2n) is 6.54. The van der Waals surface area contributed by atoms with Crippen LogP contribution in [0.5, 0.6) is 0 Å². The number of nitrogens with one attached hydrogen (secondary N) is 1. The molecular weight excluding hydrogens is 312 g/mol. The molecular formula is C21H26N2O2. The number of benzene rings is 2. The Labute approximate surface area is 149 Å². The first kappa shape index (κ1) is 18.7. The van der Waals surface area contributed by atoms with Gasteiger partial charge in [0.05, 0.1) is 0 Å². The minimum atomic E-state index is -0.612. The van der Waals surface area contributed by atoms with Crippen molar-refractivity contribution >= 4 is 23.2 Å². The molecule has 0 bridgehead atoms. The van der Waals surface area contributed by atoms with E-state index >= 15 is 0 Å². The van der Waals surface area contributed by atoms with Crippen molar-refractivity contribution in [3.63, 3.8) is 0 Å². The number of carbonyl (C=O) groups excluding carboxylic acids is 2. The summed E-state index contributed by atoms with van der Waals surface area (Å²) in [4.78, 5) is 26.8. The number of hydrogen-bond acceptors (Lipinski definition) is 2. The molecule has 0 radical (unpaired) electrons. The number of hydrogen-bond donors (Lipinski definition) is 1. The van der Waals surface area contributed by atoms with Crippen molar-refractivity contribution in [1.82, 2.24) is 0 Å². The number of carbonyl (C=O) groups is 2. The molecule has 0 spiro atoms. The number of aryl methyl sites for hydroxylation is 2. The first-order valence-electron chi connectivity index (χ1n) is 8.64. The quantitative estimate of drug-likeness (QED) is 0.839. The molecule has 2 rings (SSSR count). The number of likely N-dealkylation sites (N-methyl/N-ethyl adjacent to an activating group) is 1. The van der Waals surface area contributed by atoms with Crippen molar-refractivity contribution < 1.29 is 9.59 Å². The normalized spacial score (nSPS) is 10.6. The van der Waals surface area contributed by atoms with Gasteiger partial charge in [-0.25, -0.2) is 0 Å². The SMILES string of the molecule is CCN(C(=O)C(=O)Nc1c(C)cccc1C(C)C)c1cccc(C)c1. The summed E-state index contributed by atoms with van der Waals surface area (Å²) in [7, 11) is 0. The summed E-state index contributed by atoms with van der Waals surface area (Å²) in [5.41, 5.74) is 4.49. The van der Waals surface area contributed by atoms with Gasteiger partial charge in [-0.3, -0.25) is 9.59 Å². The molecule has 1 N–H and O–H groups in total. The average molecular weight is 338 g/mol. The molecule has 132 valence electrons. The highest BCUT2D eigenvalue weighted by Crippen LogP contribution is 2.27. The molecule has 0 aromatic heterocycles. The zero-order chi connectivity index (χ0) is 18.6. The summed E-state index contributed by atoms with van der Waals surface area (Å²) >= 11 is 0. The van der Waals surface area contributed by atoms with Crippen molar-refractivity contribution in [3.8, 4) is 0 Å². The van der Waals surface area contributed by atoms with Crippen LogP contribution in [0.25, 0.3) is 0 Å². The molecule has 0 aliphatic rings. The molecule has 2 aromatic carbocycles. The van der Waals surface area contributed by atoms with E-state index in [0.717, 1.165) is 28.1 Å². The molecule has 0 fully saturated rings. The maximum atomic E-state index is 12.7. The molecule has 0 atom stereocenters. The van der Waals surface area contributed by atoms with E-state index in [1.54, 1.807) is 0 Å². The molecule has 0 unspecified atom stereocenters. The maximum absolute atomic E-state index is 12.7. The van der Waals surface area contributed by atoms with Crippen LogP contribution in [-0.4, -0.2) is 18.4 Å². The maximum Gasteiger partial charge on any atom is 0.316 e. The van der Waals surface area contributed by atoms with Gasteiger partial charge in [0.2, 0.25) is 0 Å². The molecule has 0 aliphatic carbocycles. The third kappa shape index (κ3) is 4.27. The second kappa shape index (κ2) is 7.97. The Bertz CT molecular complexity index is 781. The fourth-order valence-corrected chi connectivity index (χ4v) is 2.87. The van der Waals surface area contributed by atoms with Crippen molar-refractivity contribution in [2.45, 2.75) is 40.5 Å². The van der Waals surface area contributed by atoms with Crippen molar-refractivity contribution in [2.75, 3.05) is 16.8 Å². The van der Waals surface area contributed by atoms with Crippen LogP contribution in [-0.2, 0) is 9.59 Å². The summed E-state index contributed by atoms with van der Waals surface area (Å²) in [6.07, 6.45) is 0. The summed E-state index contributed by atoms with van der Waals surface area (Å²) in [5.74, 6) is -0.907. The predicted octanol–water partition coefficient (Wildman–Crippen LogP) is 4.42. The minimum absolute atomic E-state index is 0.254. The number of amides is 2. The van der Waals surface area contributed by atoms with Gasteiger partial charge in [0.1, 0.15) is 0 Å². The third-order valence-corrected chi connectivity index (χ3v) is 4.23. The van der Waals surface area contributed by atoms with Gasteiger partial charge in [-0.05, 0) is 55.5 Å². The lowest BCUT2D eigenvalue weighted by Gasteiger charge is -2.22. The van der Waals surface area contributed by atoms with Gasteiger partial charge in [0, 0.05) is 17.9 Å². The first-order valence-corrected chi connectivity index (χ1v) is 8.64. The van der Waals surface area contributed by atoms with Crippen LogP contribution in [0, 0.1) is 13.8 Å². The molecule has 2 aromatic rings. The Hall–Kier alpha value is -2.62. The molecule has 4 heteroatoms. The zero-order valence-electron chi connectivity index (χ0n) is 15.6. The highest BCUT2D eigenvalue weighted by Gasteiger charge is 2.23. The minimum Gasteiger partial charge on any atom is -0.317 e. The van der Waals surface area contributed by atoms with Crippen molar-refractivity contribution in [3.05, 3.63) is 59.2 Å². The van der Waals surface area contributed by atoms with E-state index in [0.29, 0.717) is 6.54 Å². The average Bonchev–Trinajstić information content (AvgIpc) is 2.57. The van der Waals surface area contributed by atoms with E-state index in [4.69, 9.17) is 0 Å². The van der Waals surface area contributed by atoms with E-state index in [1.165, 1.54) is 4.90 Å². The Kier molecular flexibility index (Phi) is 5.97. The Morgan fingerprint density at radius 3 is 2.36 bits per heavy atom. The predicted molar refractivity (Wildman–Crippen MR) is 103 cm³/mol. The van der Waals surface area contributed by atoms with E-state index in [9.17, 15) is 9.59 Å². The second-order valence-corrected chi connectivity index (χ2v) is 6.54. The van der Waals surface area contributed by atoms with Gasteiger partial charge in [0.15, 0.2) is 0 Å². The van der Waals surface area contributed by atoms with Crippen LogP contribution < -0.4 is 10.2 Å². The number of anilines is 2. The summed E-state index contributed by atoms with van der Waals surface area (Å²) in [6.45, 7) is 10.3. The van der Waals surface area contributed by atoms with Gasteiger partial charge in [-0.2, -0.15) is 0 Å². The van der Waals surface area contributed by atoms with Crippen molar-refractivity contribution in [1.29, 1.82) is 0 Å². The lowest BCUT2D eigenvalue weighted by Crippen LogP contribution is -2.40. The van der Waals surface area contributed by atoms with Crippen LogP contribution in [0.2, 0.25) is 0 Å². The van der Waals surface area contributed by atoms with E-state index in [-0.39, 0.29) is 5.92 Å². The van der Waals surface area contributed by atoms with Gasteiger partial charge in [-0.1, -0.05) is 44.2 Å². The monoisotopic (exact) mass is 338 g/mol. The number of nitrogens with zero attached hydrogens (tertiary/aromatic N) is 1. The molecule has 0 heterocycles. The molecule has 0 saturated carbocycles. The van der Waals surface area contributed by atoms with E-state index in [2.05, 4.69) is 19.2 Å². The summed E-state index contributed by atoms with van der Waals surface area (Å²) in [6, 6.07) is 13.5. The fraction of sp³-hybridized carbons (Fsp3) is 0.333. The van der Waals surface area contributed by atoms with Crippen molar-refractivity contribution in [2.24, 2.45) is 0 Å². The highest BCUT2D eigenvalue weighted by molar-refractivity contribution is 6.44. The van der Waals surface area contributed by atoms with E-state index in [1.807, 2.05) is 63.2 Å². The lowest BCUT2D eigenvalue weighted by molar-refractivity contribution is -0.134. The number of rotatable bonds is 4. The Morgan fingerprint density at radius 2 is 1.76 bits per heavy atom. The Morgan fingerprint density at radius 1 is 1.08 bits per heavy atom. The zero-order valence-corrected chi connectivity index (χ0v) is 15.6. The van der Waals surface area contributed by atoms with Gasteiger partial charge in [-0.15, -0.1) is 0 Å². The van der Waals surface area contributed by atoms with Gasteiger partial charge >= 0.3 is 11.8 Å². The highest BCUT2D eigenvalue weighted by atomic mass is 16.2. The smallest absolute Gasteiger partial charge is 0.316 e. The largest absolute Gasteiger partial charge is 0.317 e. The fourth-order valence-electron chi connectivity index (χ4n) is 2.87. The van der Waals surface area contributed by atoms with Crippen LogP contribution in [0.3, 0.4) is 0 Å². The number of para-hydroxylation sites is 1. The third-order valence-electron chi connectivity index (χ3n) is 4.23. The van der Waals surface area contributed by atoms with Gasteiger partial charge < -0.3 is 10.2 Å². The first-order chi connectivity index (χ1) is 11.8. The summed E-state index contributed by atoms with van der Waals surface area (Å²) in [5, 5.41) is 2.83. The molecule has 25 heavy (non-hydrogen) atoms. The Balaban J connectivity index is 2.27. The van der Waals surface area contributed by atoms with Crippen LogP contribution in [0.4, 0.5) is 11.4 Å². The lowest BCUT2D eigenvalue weighted by atomic mass is 9.98. The molecule has 4 nitrogen and oxygen atoms in total. The molecule has 2 amide bonds. The topological polar surface area (TPSA) is 49.4 Å². The van der Waals surface area contributed by atoms with Crippen LogP contribution in [0.15, 0.2) is 42.5 Å².